The molecule has 0 saturated carbocycles. The minimum Gasteiger partial charge on any atom is -0.378 e. The van der Waals surface area contributed by atoms with Crippen molar-refractivity contribution in [3.63, 3.8) is 0 Å². The zero-order valence-electron chi connectivity index (χ0n) is 17.5. The van der Waals surface area contributed by atoms with Crippen LogP contribution in [0.5, 0.6) is 0 Å². The fourth-order valence-corrected chi connectivity index (χ4v) is 3.59. The van der Waals surface area contributed by atoms with Gasteiger partial charge in [-0.3, -0.25) is 14.6 Å². The van der Waals surface area contributed by atoms with Gasteiger partial charge < -0.3 is 10.2 Å². The number of amides is 1. The topological polar surface area (TPSA) is 38.8 Å². The van der Waals surface area contributed by atoms with E-state index >= 15 is 0 Å². The molecule has 2 aromatic rings. The van der Waals surface area contributed by atoms with Crippen molar-refractivity contribution in [1.29, 1.82) is 0 Å². The molecule has 1 N–H and O–H groups in total. The number of benzene rings is 2. The number of rotatable bonds is 6. The Kier molecular flexibility index (Phi) is 6.70. The van der Waals surface area contributed by atoms with E-state index in [2.05, 4.69) is 46.3 Å². The molecule has 3 rings (SSSR count). The van der Waals surface area contributed by atoms with Gasteiger partial charge in [0.15, 0.2) is 0 Å². The molecule has 0 spiro atoms. The summed E-state index contributed by atoms with van der Waals surface area (Å²) < 4.78 is 0. The maximum Gasteiger partial charge on any atom is 0.241 e. The van der Waals surface area contributed by atoms with Crippen molar-refractivity contribution in [3.8, 4) is 0 Å². The molecule has 1 aliphatic rings. The van der Waals surface area contributed by atoms with Crippen molar-refractivity contribution in [3.05, 3.63) is 59.7 Å². The molecule has 1 aliphatic heterocycles. The van der Waals surface area contributed by atoms with Crippen LogP contribution in [0.1, 0.15) is 18.1 Å². The van der Waals surface area contributed by atoms with Gasteiger partial charge in [-0.25, -0.2) is 0 Å². The summed E-state index contributed by atoms with van der Waals surface area (Å²) in [5.41, 5.74) is 4.71. The summed E-state index contributed by atoms with van der Waals surface area (Å²) in [5.74, 6) is 0.0601. The third kappa shape index (κ3) is 5.12. The molecule has 0 bridgehead atoms. The molecule has 1 atom stereocenters. The lowest BCUT2D eigenvalue weighted by Gasteiger charge is -2.37. The summed E-state index contributed by atoms with van der Waals surface area (Å²) >= 11 is 0. The largest absolute Gasteiger partial charge is 0.378 e. The first-order valence-electron chi connectivity index (χ1n) is 10.0. The predicted octanol–water partition coefficient (Wildman–Crippen LogP) is 3.21. The van der Waals surface area contributed by atoms with Gasteiger partial charge in [0.2, 0.25) is 5.91 Å². The van der Waals surface area contributed by atoms with Crippen molar-refractivity contribution in [2.75, 3.05) is 50.5 Å². The number of aryl methyl sites for hydroxylation is 1. The van der Waals surface area contributed by atoms with Crippen LogP contribution in [0.25, 0.3) is 0 Å². The third-order valence-corrected chi connectivity index (χ3v) is 5.64. The fourth-order valence-electron chi connectivity index (χ4n) is 3.59. The summed E-state index contributed by atoms with van der Waals surface area (Å²) in [7, 11) is 4.02. The highest BCUT2D eigenvalue weighted by Crippen LogP contribution is 2.17. The number of piperazine rings is 1. The van der Waals surface area contributed by atoms with E-state index in [1.165, 1.54) is 11.1 Å². The van der Waals surface area contributed by atoms with Crippen LogP contribution >= 0.6 is 0 Å². The van der Waals surface area contributed by atoms with Crippen LogP contribution < -0.4 is 10.2 Å². The highest BCUT2D eigenvalue weighted by molar-refractivity contribution is 5.94. The lowest BCUT2D eigenvalue weighted by molar-refractivity contribution is -0.121. The van der Waals surface area contributed by atoms with Gasteiger partial charge >= 0.3 is 0 Å². The van der Waals surface area contributed by atoms with Crippen LogP contribution in [0.4, 0.5) is 11.4 Å². The van der Waals surface area contributed by atoms with Gasteiger partial charge in [0.1, 0.15) is 0 Å². The molecule has 1 fully saturated rings. The van der Waals surface area contributed by atoms with Gasteiger partial charge in [-0.05, 0) is 49.2 Å². The summed E-state index contributed by atoms with van der Waals surface area (Å²) in [6.45, 7) is 8.97. The first kappa shape index (κ1) is 20.4. The summed E-state index contributed by atoms with van der Waals surface area (Å²) in [6.07, 6.45) is 0. The van der Waals surface area contributed by atoms with E-state index in [-0.39, 0.29) is 11.9 Å². The Bertz CT molecular complexity index is 779. The number of hydrogen-bond acceptors (Lipinski definition) is 4. The lowest BCUT2D eigenvalue weighted by atomic mass is 10.1. The molecule has 0 aromatic heterocycles. The molecule has 28 heavy (non-hydrogen) atoms. The number of nitrogens with one attached hydrogen (secondary N) is 1. The highest BCUT2D eigenvalue weighted by Gasteiger charge is 2.25. The number of hydrogen-bond donors (Lipinski definition) is 1. The summed E-state index contributed by atoms with van der Waals surface area (Å²) in [4.78, 5) is 19.5. The van der Waals surface area contributed by atoms with Gasteiger partial charge in [-0.2, -0.15) is 0 Å². The Morgan fingerprint density at radius 3 is 2.29 bits per heavy atom. The standard InChI is InChI=1S/C23H32N4O/c1-18-7-5-6-8-20(18)17-26-13-15-27(16-14-26)19(2)23(28)24-21-9-11-22(12-10-21)25(3)4/h5-12,19H,13-17H2,1-4H3,(H,24,28). The highest BCUT2D eigenvalue weighted by atomic mass is 16.2. The van der Waals surface area contributed by atoms with Gasteiger partial charge in [0, 0.05) is 58.2 Å². The maximum absolute atomic E-state index is 12.7. The van der Waals surface area contributed by atoms with Crippen molar-refractivity contribution in [2.24, 2.45) is 0 Å². The van der Waals surface area contributed by atoms with Crippen LogP contribution in [-0.2, 0) is 11.3 Å². The second-order valence-corrected chi connectivity index (χ2v) is 7.85. The molecule has 1 unspecified atom stereocenters. The number of anilines is 2. The van der Waals surface area contributed by atoms with Crippen LogP contribution in [0.15, 0.2) is 48.5 Å². The Morgan fingerprint density at radius 2 is 1.68 bits per heavy atom. The van der Waals surface area contributed by atoms with Crippen LogP contribution in [0.2, 0.25) is 0 Å². The Hall–Kier alpha value is -2.37. The van der Waals surface area contributed by atoms with E-state index in [9.17, 15) is 4.79 Å². The van der Waals surface area contributed by atoms with E-state index in [1.807, 2.05) is 50.2 Å². The quantitative estimate of drug-likeness (QED) is 0.835. The van der Waals surface area contributed by atoms with Gasteiger partial charge in [0.25, 0.3) is 0 Å². The zero-order chi connectivity index (χ0) is 20.1. The second-order valence-electron chi connectivity index (χ2n) is 7.85. The fraction of sp³-hybridized carbons (Fsp3) is 0.435. The normalized spacial score (nSPS) is 16.6. The SMILES string of the molecule is Cc1ccccc1CN1CCN(C(C)C(=O)Nc2ccc(N(C)C)cc2)CC1. The maximum atomic E-state index is 12.7. The van der Waals surface area contributed by atoms with E-state index in [0.717, 1.165) is 44.1 Å². The van der Waals surface area contributed by atoms with Crippen LogP contribution in [-0.4, -0.2) is 62.0 Å². The molecule has 1 saturated heterocycles. The first-order chi connectivity index (χ1) is 13.4. The molecule has 5 heteroatoms. The molecule has 150 valence electrons. The van der Waals surface area contributed by atoms with Gasteiger partial charge in [-0.15, -0.1) is 0 Å². The number of nitrogens with zero attached hydrogens (tertiary/aromatic N) is 3. The minimum atomic E-state index is -0.130. The van der Waals surface area contributed by atoms with E-state index in [0.29, 0.717) is 0 Å². The number of carbonyl (C=O) groups excluding carboxylic acids is 1. The Balaban J connectivity index is 1.49. The Labute approximate surface area is 168 Å². The van der Waals surface area contributed by atoms with E-state index < -0.39 is 0 Å². The molecule has 2 aromatic carbocycles. The minimum absolute atomic E-state index is 0.0601. The predicted molar refractivity (Wildman–Crippen MR) is 117 cm³/mol. The average Bonchev–Trinajstić information content (AvgIpc) is 2.70. The van der Waals surface area contributed by atoms with Crippen molar-refractivity contribution >= 4 is 17.3 Å². The third-order valence-electron chi connectivity index (χ3n) is 5.64. The van der Waals surface area contributed by atoms with E-state index in [1.54, 1.807) is 0 Å². The van der Waals surface area contributed by atoms with Gasteiger partial charge in [0.05, 0.1) is 6.04 Å². The van der Waals surface area contributed by atoms with E-state index in [4.69, 9.17) is 0 Å². The first-order valence-corrected chi connectivity index (χ1v) is 10.0. The molecule has 0 radical (unpaired) electrons. The van der Waals surface area contributed by atoms with Crippen molar-refractivity contribution < 1.29 is 4.79 Å². The summed E-state index contributed by atoms with van der Waals surface area (Å²) in [5, 5.41) is 3.05. The monoisotopic (exact) mass is 380 g/mol. The summed E-state index contributed by atoms with van der Waals surface area (Å²) in [6, 6.07) is 16.4. The molecule has 0 aliphatic carbocycles. The molecular formula is C23H32N4O. The Morgan fingerprint density at radius 1 is 1.04 bits per heavy atom. The zero-order valence-corrected chi connectivity index (χ0v) is 17.5. The molecule has 1 amide bonds. The van der Waals surface area contributed by atoms with Gasteiger partial charge in [-0.1, -0.05) is 24.3 Å². The number of carbonyl (C=O) groups is 1. The lowest BCUT2D eigenvalue weighted by Crippen LogP contribution is -2.52. The van der Waals surface area contributed by atoms with Crippen molar-refractivity contribution in [2.45, 2.75) is 26.4 Å². The molecular weight excluding hydrogens is 348 g/mol. The second kappa shape index (κ2) is 9.22. The van der Waals surface area contributed by atoms with Crippen LogP contribution in [0.3, 0.4) is 0 Å². The van der Waals surface area contributed by atoms with Crippen molar-refractivity contribution in [1.82, 2.24) is 9.80 Å². The average molecular weight is 381 g/mol. The smallest absolute Gasteiger partial charge is 0.241 e. The van der Waals surface area contributed by atoms with Crippen LogP contribution in [0, 0.1) is 6.92 Å². The molecule has 1 heterocycles. The molecule has 5 nitrogen and oxygen atoms in total.